The number of rotatable bonds is 3. The number of pyridine rings is 2. The van der Waals surface area contributed by atoms with Crippen molar-refractivity contribution in [1.82, 2.24) is 9.97 Å². The van der Waals surface area contributed by atoms with Gasteiger partial charge in [0.25, 0.3) is 0 Å². The van der Waals surface area contributed by atoms with Crippen LogP contribution < -0.4 is 10.3 Å². The van der Waals surface area contributed by atoms with Crippen LogP contribution in [0, 0.1) is 6.92 Å². The van der Waals surface area contributed by atoms with Gasteiger partial charge in [0.05, 0.1) is 18.7 Å². The van der Waals surface area contributed by atoms with E-state index in [2.05, 4.69) is 41.1 Å². The first kappa shape index (κ1) is 17.9. The summed E-state index contributed by atoms with van der Waals surface area (Å²) in [5.74, 6) is 0.794. The van der Waals surface area contributed by atoms with E-state index in [9.17, 15) is 4.79 Å². The van der Waals surface area contributed by atoms with Crippen molar-refractivity contribution in [1.29, 1.82) is 0 Å². The molecule has 5 heteroatoms. The zero-order valence-corrected chi connectivity index (χ0v) is 16.4. The van der Waals surface area contributed by atoms with Gasteiger partial charge < -0.3 is 14.6 Å². The second-order valence-electron chi connectivity index (χ2n) is 7.60. The number of nitrogens with zero attached hydrogens (tertiary/aromatic N) is 2. The van der Waals surface area contributed by atoms with Crippen molar-refractivity contribution < 1.29 is 4.74 Å². The van der Waals surface area contributed by atoms with E-state index in [1.807, 2.05) is 30.5 Å². The summed E-state index contributed by atoms with van der Waals surface area (Å²) < 4.78 is 5.53. The summed E-state index contributed by atoms with van der Waals surface area (Å²) in [5, 5.41) is 1.65. The molecule has 1 aliphatic heterocycles. The van der Waals surface area contributed by atoms with Gasteiger partial charge in [-0.3, -0.25) is 4.79 Å². The zero-order valence-electron chi connectivity index (χ0n) is 16.4. The minimum atomic E-state index is 0.0721. The Labute approximate surface area is 169 Å². The Bertz CT molecular complexity index is 1240. The average Bonchev–Trinajstić information content (AvgIpc) is 2.77. The van der Waals surface area contributed by atoms with E-state index in [4.69, 9.17) is 9.72 Å². The van der Waals surface area contributed by atoms with Crippen molar-refractivity contribution in [3.05, 3.63) is 81.6 Å². The minimum Gasteiger partial charge on any atom is -0.378 e. The van der Waals surface area contributed by atoms with Gasteiger partial charge in [-0.05, 0) is 36.8 Å². The molecule has 0 atom stereocenters. The molecule has 1 fully saturated rings. The van der Waals surface area contributed by atoms with Gasteiger partial charge in [-0.15, -0.1) is 0 Å². The topological polar surface area (TPSA) is 58.2 Å². The van der Waals surface area contributed by atoms with Gasteiger partial charge >= 0.3 is 0 Å². The highest BCUT2D eigenvalue weighted by Crippen LogP contribution is 2.27. The molecule has 2 aromatic heterocycles. The Kier molecular flexibility index (Phi) is 4.52. The molecule has 0 amide bonds. The van der Waals surface area contributed by atoms with Crippen molar-refractivity contribution in [3.8, 4) is 0 Å². The van der Waals surface area contributed by atoms with Crippen LogP contribution in [0.25, 0.3) is 21.8 Å². The van der Waals surface area contributed by atoms with Gasteiger partial charge in [-0.25, -0.2) is 4.98 Å². The molecule has 146 valence electrons. The molecule has 0 unspecified atom stereocenters. The molecule has 0 aliphatic carbocycles. The molecule has 4 aromatic rings. The molecular weight excluding hydrogens is 362 g/mol. The number of benzene rings is 2. The summed E-state index contributed by atoms with van der Waals surface area (Å²) >= 11 is 0. The SMILES string of the molecule is Cc1ccc(Cc2c(N3CCOCC3)nc3c(ccc4[nH]cccc43)c2=O)cc1. The summed E-state index contributed by atoms with van der Waals surface area (Å²) in [4.78, 5) is 24.1. The molecule has 0 radical (unpaired) electrons. The van der Waals surface area contributed by atoms with E-state index in [0.29, 0.717) is 25.0 Å². The van der Waals surface area contributed by atoms with Crippen molar-refractivity contribution in [2.75, 3.05) is 31.2 Å². The Morgan fingerprint density at radius 1 is 1.03 bits per heavy atom. The van der Waals surface area contributed by atoms with Crippen LogP contribution >= 0.6 is 0 Å². The van der Waals surface area contributed by atoms with E-state index >= 15 is 0 Å². The van der Waals surface area contributed by atoms with Crippen molar-refractivity contribution in [2.24, 2.45) is 0 Å². The number of H-pyrrole nitrogens is 1. The van der Waals surface area contributed by atoms with Crippen LogP contribution in [0.1, 0.15) is 16.7 Å². The van der Waals surface area contributed by atoms with Crippen molar-refractivity contribution in [2.45, 2.75) is 13.3 Å². The number of ether oxygens (including phenoxy) is 1. The standard InChI is InChI=1S/C24H23N3O2/c1-16-4-6-17(7-5-16)15-20-23(28)19-8-9-21-18(3-2-10-25-21)22(19)26-24(20)27-11-13-29-14-12-27/h2-10,25H,11-15H2,1H3. The smallest absolute Gasteiger partial charge is 0.195 e. The fourth-order valence-corrected chi connectivity index (χ4v) is 4.03. The molecule has 5 rings (SSSR count). The van der Waals surface area contributed by atoms with Gasteiger partial charge in [0, 0.05) is 47.6 Å². The van der Waals surface area contributed by atoms with Gasteiger partial charge in [-0.2, -0.15) is 0 Å². The third kappa shape index (κ3) is 3.28. The molecular formula is C24H23N3O2. The quantitative estimate of drug-likeness (QED) is 0.545. The lowest BCUT2D eigenvalue weighted by Gasteiger charge is -2.29. The lowest BCUT2D eigenvalue weighted by molar-refractivity contribution is 0.122. The van der Waals surface area contributed by atoms with E-state index < -0.39 is 0 Å². The number of aryl methyl sites for hydroxylation is 1. The zero-order chi connectivity index (χ0) is 19.8. The summed E-state index contributed by atoms with van der Waals surface area (Å²) in [6, 6.07) is 16.2. The maximum atomic E-state index is 13.6. The number of hydrogen-bond donors (Lipinski definition) is 1. The largest absolute Gasteiger partial charge is 0.378 e. The maximum Gasteiger partial charge on any atom is 0.195 e. The number of aromatic amines is 1. The monoisotopic (exact) mass is 385 g/mol. The van der Waals surface area contributed by atoms with Gasteiger partial charge in [0.15, 0.2) is 5.43 Å². The number of hydrogen-bond acceptors (Lipinski definition) is 4. The van der Waals surface area contributed by atoms with Crippen LogP contribution in [-0.2, 0) is 11.2 Å². The molecule has 0 saturated carbocycles. The lowest BCUT2D eigenvalue weighted by atomic mass is 10.00. The van der Waals surface area contributed by atoms with Gasteiger partial charge in [0.1, 0.15) is 5.82 Å². The first-order valence-electron chi connectivity index (χ1n) is 10.0. The molecule has 29 heavy (non-hydrogen) atoms. The number of anilines is 1. The molecule has 5 nitrogen and oxygen atoms in total. The van der Waals surface area contributed by atoms with Crippen LogP contribution in [0.2, 0.25) is 0 Å². The van der Waals surface area contributed by atoms with Crippen LogP contribution in [0.4, 0.5) is 5.82 Å². The van der Waals surface area contributed by atoms with E-state index in [1.54, 1.807) is 0 Å². The first-order valence-corrected chi connectivity index (χ1v) is 10.0. The second kappa shape index (κ2) is 7.33. The third-order valence-corrected chi connectivity index (χ3v) is 5.63. The fraction of sp³-hybridized carbons (Fsp3) is 0.250. The van der Waals surface area contributed by atoms with Crippen LogP contribution in [0.3, 0.4) is 0 Å². The predicted octanol–water partition coefficient (Wildman–Crippen LogP) is 3.81. The Balaban J connectivity index is 1.74. The second-order valence-corrected chi connectivity index (χ2v) is 7.60. The highest BCUT2D eigenvalue weighted by atomic mass is 16.5. The summed E-state index contributed by atoms with van der Waals surface area (Å²) in [7, 11) is 0. The predicted molar refractivity (Wildman–Crippen MR) is 117 cm³/mol. The Hall–Kier alpha value is -3.18. The number of fused-ring (bicyclic) bond motifs is 3. The molecule has 1 N–H and O–H groups in total. The summed E-state index contributed by atoms with van der Waals surface area (Å²) in [5.41, 5.74) is 4.91. The van der Waals surface area contributed by atoms with Crippen LogP contribution in [-0.4, -0.2) is 36.3 Å². The Morgan fingerprint density at radius 2 is 1.83 bits per heavy atom. The van der Waals surface area contributed by atoms with Crippen LogP contribution in [0.5, 0.6) is 0 Å². The molecule has 2 aromatic carbocycles. The molecule has 0 spiro atoms. The Morgan fingerprint density at radius 3 is 2.62 bits per heavy atom. The maximum absolute atomic E-state index is 13.6. The van der Waals surface area contributed by atoms with Gasteiger partial charge in [-0.1, -0.05) is 29.8 Å². The molecule has 1 saturated heterocycles. The number of aromatic nitrogens is 2. The summed E-state index contributed by atoms with van der Waals surface area (Å²) in [6.07, 6.45) is 2.47. The molecule has 1 aliphatic rings. The van der Waals surface area contributed by atoms with Crippen molar-refractivity contribution in [3.63, 3.8) is 0 Å². The van der Waals surface area contributed by atoms with E-state index in [1.165, 1.54) is 5.56 Å². The number of nitrogens with one attached hydrogen (secondary N) is 1. The van der Waals surface area contributed by atoms with Gasteiger partial charge in [0.2, 0.25) is 0 Å². The van der Waals surface area contributed by atoms with E-state index in [-0.39, 0.29) is 5.43 Å². The molecule has 3 heterocycles. The highest BCUT2D eigenvalue weighted by molar-refractivity contribution is 6.04. The highest BCUT2D eigenvalue weighted by Gasteiger charge is 2.21. The van der Waals surface area contributed by atoms with Crippen molar-refractivity contribution >= 4 is 27.6 Å². The lowest BCUT2D eigenvalue weighted by Crippen LogP contribution is -2.38. The minimum absolute atomic E-state index is 0.0721. The first-order chi connectivity index (χ1) is 14.2. The summed E-state index contributed by atoms with van der Waals surface area (Å²) in [6.45, 7) is 4.87. The third-order valence-electron chi connectivity index (χ3n) is 5.63. The fourth-order valence-electron chi connectivity index (χ4n) is 4.03. The number of morpholine rings is 1. The van der Waals surface area contributed by atoms with Crippen LogP contribution in [0.15, 0.2) is 59.5 Å². The average molecular weight is 385 g/mol. The molecule has 0 bridgehead atoms. The normalized spacial score (nSPS) is 14.6. The van der Waals surface area contributed by atoms with E-state index in [0.717, 1.165) is 46.5 Å².